The molecule has 9 heteroatoms. The second-order valence-electron chi connectivity index (χ2n) is 15.4. The Kier molecular flexibility index (Phi) is 34.5. The van der Waals surface area contributed by atoms with Gasteiger partial charge in [-0.3, -0.25) is 9.36 Å². The van der Waals surface area contributed by atoms with Gasteiger partial charge in [0.15, 0.2) is 6.10 Å². The molecule has 2 atom stereocenters. The second-order valence-corrected chi connectivity index (χ2v) is 16.8. The van der Waals surface area contributed by atoms with Crippen molar-refractivity contribution in [2.75, 3.05) is 47.5 Å². The van der Waals surface area contributed by atoms with Crippen LogP contribution in [0, 0.1) is 0 Å². The minimum Gasteiger partial charge on any atom is -0.756 e. The topological polar surface area (TPSA) is 94.1 Å². The molecule has 1 unspecified atom stereocenters. The molecule has 0 aromatic rings. The maximum atomic E-state index is 12.6. The van der Waals surface area contributed by atoms with Crippen molar-refractivity contribution in [2.24, 2.45) is 0 Å². The van der Waals surface area contributed by atoms with Crippen molar-refractivity contribution < 1.29 is 37.3 Å². The summed E-state index contributed by atoms with van der Waals surface area (Å²) < 4.78 is 34.3. The molecule has 0 aromatic heterocycles. The summed E-state index contributed by atoms with van der Waals surface area (Å²) >= 11 is 0. The predicted molar refractivity (Wildman–Crippen MR) is 208 cm³/mol. The van der Waals surface area contributed by atoms with Gasteiger partial charge in [-0.2, -0.15) is 0 Å². The summed E-state index contributed by atoms with van der Waals surface area (Å²) in [4.78, 5) is 24.9. The highest BCUT2D eigenvalue weighted by Gasteiger charge is 2.20. The van der Waals surface area contributed by atoms with E-state index in [1.165, 1.54) is 141 Å². The number of carbonyl (C=O) groups is 1. The van der Waals surface area contributed by atoms with Crippen molar-refractivity contribution in [3.8, 4) is 0 Å². The summed E-state index contributed by atoms with van der Waals surface area (Å²) in [5, 5.41) is 0. The number of allylic oxidation sites excluding steroid dienone is 1. The van der Waals surface area contributed by atoms with Crippen molar-refractivity contribution in [2.45, 2.75) is 200 Å². The summed E-state index contributed by atoms with van der Waals surface area (Å²) in [6.45, 7) is 4.75. The summed E-state index contributed by atoms with van der Waals surface area (Å²) in [5.74, 6) is -0.353. The summed E-state index contributed by atoms with van der Waals surface area (Å²) in [6, 6.07) is 0. The number of phosphoric acid groups is 1. The smallest absolute Gasteiger partial charge is 0.306 e. The third kappa shape index (κ3) is 38.3. The minimum atomic E-state index is -4.53. The molecule has 0 N–H and O–H groups in total. The van der Waals surface area contributed by atoms with Crippen LogP contribution >= 0.6 is 7.82 Å². The van der Waals surface area contributed by atoms with Crippen LogP contribution in [0.4, 0.5) is 0 Å². The molecule has 0 saturated carbocycles. The van der Waals surface area contributed by atoms with Crippen LogP contribution in [0.5, 0.6) is 0 Å². The van der Waals surface area contributed by atoms with E-state index in [0.717, 1.165) is 32.1 Å². The third-order valence-corrected chi connectivity index (χ3v) is 10.1. The van der Waals surface area contributed by atoms with Gasteiger partial charge >= 0.3 is 5.97 Å². The molecule has 0 aliphatic heterocycles. The number of quaternary nitrogens is 1. The zero-order valence-corrected chi connectivity index (χ0v) is 34.5. The first kappa shape index (κ1) is 49.1. The molecule has 0 radical (unpaired) electrons. The molecule has 298 valence electrons. The van der Waals surface area contributed by atoms with Crippen molar-refractivity contribution in [3.63, 3.8) is 0 Å². The summed E-state index contributed by atoms with van der Waals surface area (Å²) in [5.41, 5.74) is 0. The van der Waals surface area contributed by atoms with Gasteiger partial charge in [0.2, 0.25) is 0 Å². The van der Waals surface area contributed by atoms with Gasteiger partial charge in [-0.15, -0.1) is 0 Å². The van der Waals surface area contributed by atoms with Gasteiger partial charge in [0, 0.05) is 6.42 Å². The highest BCUT2D eigenvalue weighted by molar-refractivity contribution is 7.45. The number of unbranched alkanes of at least 4 members (excludes halogenated alkanes) is 25. The molecule has 50 heavy (non-hydrogen) atoms. The highest BCUT2D eigenvalue weighted by Crippen LogP contribution is 2.38. The highest BCUT2D eigenvalue weighted by atomic mass is 31.2. The van der Waals surface area contributed by atoms with E-state index in [0.29, 0.717) is 17.4 Å². The molecule has 0 aromatic carbocycles. The fourth-order valence-corrected chi connectivity index (χ4v) is 6.59. The number of ether oxygens (including phenoxy) is 2. The Hall–Kier alpha value is -0.920. The normalized spacial score (nSPS) is 13.9. The van der Waals surface area contributed by atoms with Crippen LogP contribution in [-0.2, 0) is 27.9 Å². The number of phosphoric ester groups is 1. The lowest BCUT2D eigenvalue weighted by Crippen LogP contribution is -2.37. The van der Waals surface area contributed by atoms with E-state index in [4.69, 9.17) is 18.5 Å². The van der Waals surface area contributed by atoms with E-state index in [-0.39, 0.29) is 25.8 Å². The molecule has 0 bridgehead atoms. The van der Waals surface area contributed by atoms with Crippen molar-refractivity contribution in [1.29, 1.82) is 0 Å². The summed E-state index contributed by atoms with van der Waals surface area (Å²) in [6.07, 6.45) is 37.3. The van der Waals surface area contributed by atoms with Crippen molar-refractivity contribution in [1.82, 2.24) is 0 Å². The molecule has 0 fully saturated rings. The average molecular weight is 732 g/mol. The van der Waals surface area contributed by atoms with Gasteiger partial charge in [0.1, 0.15) is 19.8 Å². The molecule has 0 saturated heterocycles. The van der Waals surface area contributed by atoms with Crippen LogP contribution in [0.3, 0.4) is 0 Å². The number of hydrogen-bond acceptors (Lipinski definition) is 7. The Balaban J connectivity index is 4.29. The second kappa shape index (κ2) is 35.1. The van der Waals surface area contributed by atoms with Gasteiger partial charge in [-0.25, -0.2) is 0 Å². The predicted octanol–water partition coefficient (Wildman–Crippen LogP) is 11.6. The van der Waals surface area contributed by atoms with E-state index in [9.17, 15) is 14.3 Å². The van der Waals surface area contributed by atoms with Gasteiger partial charge in [0.05, 0.1) is 34.0 Å². The van der Waals surface area contributed by atoms with Gasteiger partial charge in [-0.1, -0.05) is 168 Å². The lowest BCUT2D eigenvalue weighted by Gasteiger charge is -2.28. The van der Waals surface area contributed by atoms with Crippen LogP contribution < -0.4 is 4.89 Å². The van der Waals surface area contributed by atoms with Crippen molar-refractivity contribution in [3.05, 3.63) is 12.3 Å². The number of likely N-dealkylation sites (N-methyl/N-ethyl adjacent to an activating group) is 1. The van der Waals surface area contributed by atoms with Gasteiger partial charge in [-0.05, 0) is 25.3 Å². The first-order valence-corrected chi connectivity index (χ1v) is 22.4. The quantitative estimate of drug-likeness (QED) is 0.0204. The van der Waals surface area contributed by atoms with Crippen LogP contribution in [-0.4, -0.2) is 64.1 Å². The Labute approximate surface area is 310 Å². The molecular weight excluding hydrogens is 649 g/mol. The van der Waals surface area contributed by atoms with Gasteiger partial charge in [0.25, 0.3) is 7.82 Å². The van der Waals surface area contributed by atoms with Crippen molar-refractivity contribution >= 4 is 13.8 Å². The van der Waals surface area contributed by atoms with E-state index in [1.807, 2.05) is 27.2 Å². The molecule has 0 amide bonds. The fourth-order valence-electron chi connectivity index (χ4n) is 5.87. The zero-order valence-electron chi connectivity index (χ0n) is 33.6. The number of rotatable bonds is 39. The Bertz CT molecular complexity index is 817. The fraction of sp³-hybridized carbons (Fsp3) is 0.927. The van der Waals surface area contributed by atoms with Crippen LogP contribution in [0.2, 0.25) is 0 Å². The Morgan fingerprint density at radius 3 is 1.48 bits per heavy atom. The summed E-state index contributed by atoms with van der Waals surface area (Å²) in [7, 11) is 1.33. The van der Waals surface area contributed by atoms with E-state index >= 15 is 0 Å². The van der Waals surface area contributed by atoms with E-state index in [1.54, 1.807) is 6.26 Å². The first-order chi connectivity index (χ1) is 24.1. The Morgan fingerprint density at radius 2 is 1.04 bits per heavy atom. The van der Waals surface area contributed by atoms with Gasteiger partial charge < -0.3 is 27.9 Å². The standard InChI is InChI=1S/C41H82NO7P/c1-6-8-10-12-14-16-18-20-22-24-26-28-30-32-34-41(43)49-40(39-48-50(44,45)47-37-35-42(3,4)5)38-46-36-33-31-29-27-25-23-21-19-17-15-13-11-9-7-2/h33,36,40H,6-32,34-35,37-39H2,1-5H3/b36-33-/t40-/m1/s1. The first-order valence-electron chi connectivity index (χ1n) is 21.0. The number of hydrogen-bond donors (Lipinski definition) is 0. The molecule has 8 nitrogen and oxygen atoms in total. The number of esters is 1. The molecule has 0 rings (SSSR count). The number of carbonyl (C=O) groups excluding carboxylic acids is 1. The largest absolute Gasteiger partial charge is 0.756 e. The lowest BCUT2D eigenvalue weighted by atomic mass is 10.0. The molecule has 0 heterocycles. The lowest BCUT2D eigenvalue weighted by molar-refractivity contribution is -0.870. The molecule has 0 aliphatic carbocycles. The van der Waals surface area contributed by atoms with Crippen LogP contribution in [0.15, 0.2) is 12.3 Å². The van der Waals surface area contributed by atoms with Crippen LogP contribution in [0.1, 0.15) is 194 Å². The third-order valence-electron chi connectivity index (χ3n) is 9.16. The number of nitrogens with zero attached hydrogens (tertiary/aromatic N) is 1. The maximum absolute atomic E-state index is 12.6. The SMILES string of the molecule is CCCCCCCCCCCCCC/C=C\OC[C@H](COP(=O)([O-])OCC[N+](C)(C)C)OC(=O)CCCCCCCCCCCCCCCC. The van der Waals surface area contributed by atoms with Crippen LogP contribution in [0.25, 0.3) is 0 Å². The Morgan fingerprint density at radius 1 is 0.620 bits per heavy atom. The average Bonchev–Trinajstić information content (AvgIpc) is 3.06. The van der Waals surface area contributed by atoms with E-state index < -0.39 is 13.9 Å². The minimum absolute atomic E-state index is 0.0201. The molecule has 0 aliphatic rings. The monoisotopic (exact) mass is 732 g/mol. The molecular formula is C41H82NO7P. The molecule has 0 spiro atoms. The zero-order chi connectivity index (χ0) is 37.0. The maximum Gasteiger partial charge on any atom is 0.306 e. The van der Waals surface area contributed by atoms with E-state index in [2.05, 4.69) is 13.8 Å².